The van der Waals surface area contributed by atoms with Crippen LogP contribution < -0.4 is 11.1 Å². The number of hydrogen-bond donors (Lipinski definition) is 2. The van der Waals surface area contributed by atoms with Crippen molar-refractivity contribution in [1.29, 1.82) is 0 Å². The Morgan fingerprint density at radius 3 is 2.79 bits per heavy atom. The summed E-state index contributed by atoms with van der Waals surface area (Å²) in [6.07, 6.45) is 3.36. The molecular weight excluding hydrogens is 329 g/mol. The average Bonchev–Trinajstić information content (AvgIpc) is 2.35. The van der Waals surface area contributed by atoms with Gasteiger partial charge in [0.25, 0.3) is 0 Å². The van der Waals surface area contributed by atoms with Crippen molar-refractivity contribution in [2.24, 2.45) is 5.73 Å². The van der Waals surface area contributed by atoms with Crippen LogP contribution in [0.1, 0.15) is 11.1 Å². The van der Waals surface area contributed by atoms with Crippen LogP contribution in [0, 0.1) is 12.7 Å². The molecule has 0 atom stereocenters. The standard InChI is InChI=1S/C13H11BrFN3S/c1-7-4-8(6-17-5-7)18-10-3-2-9(13(16)19)11(14)12(10)15/h2-6,18H,1H3,(H2,16,19). The number of benzene rings is 1. The summed E-state index contributed by atoms with van der Waals surface area (Å²) in [7, 11) is 0. The Morgan fingerprint density at radius 1 is 1.42 bits per heavy atom. The first kappa shape index (κ1) is 13.9. The Bertz CT molecular complexity index is 646. The van der Waals surface area contributed by atoms with Gasteiger partial charge in [-0.3, -0.25) is 4.98 Å². The summed E-state index contributed by atoms with van der Waals surface area (Å²) < 4.78 is 14.4. The first-order chi connectivity index (χ1) is 8.99. The van der Waals surface area contributed by atoms with E-state index in [0.717, 1.165) is 5.56 Å². The molecule has 0 radical (unpaired) electrons. The van der Waals surface area contributed by atoms with Crippen LogP contribution in [0.3, 0.4) is 0 Å². The van der Waals surface area contributed by atoms with Gasteiger partial charge in [0.15, 0.2) is 5.82 Å². The molecule has 0 aliphatic rings. The lowest BCUT2D eigenvalue weighted by Gasteiger charge is -2.11. The Hall–Kier alpha value is -1.53. The fraction of sp³-hybridized carbons (Fsp3) is 0.0769. The molecule has 98 valence electrons. The fourth-order valence-corrected chi connectivity index (χ4v) is 2.48. The van der Waals surface area contributed by atoms with E-state index >= 15 is 0 Å². The van der Waals surface area contributed by atoms with Gasteiger partial charge in [0.05, 0.1) is 22.0 Å². The Balaban J connectivity index is 2.37. The van der Waals surface area contributed by atoms with Crippen molar-refractivity contribution in [3.8, 4) is 0 Å². The number of nitrogens with zero attached hydrogens (tertiary/aromatic N) is 1. The van der Waals surface area contributed by atoms with Crippen molar-refractivity contribution < 1.29 is 4.39 Å². The maximum atomic E-state index is 14.2. The summed E-state index contributed by atoms with van der Waals surface area (Å²) in [6, 6.07) is 5.14. The first-order valence-electron chi connectivity index (χ1n) is 5.45. The molecule has 1 aromatic carbocycles. The third kappa shape index (κ3) is 3.08. The molecule has 3 nitrogen and oxygen atoms in total. The lowest BCUT2D eigenvalue weighted by Crippen LogP contribution is -2.11. The van der Waals surface area contributed by atoms with Crippen molar-refractivity contribution in [1.82, 2.24) is 4.98 Å². The molecule has 6 heteroatoms. The van der Waals surface area contributed by atoms with E-state index in [-0.39, 0.29) is 9.46 Å². The van der Waals surface area contributed by atoms with E-state index in [1.807, 2.05) is 13.0 Å². The number of aromatic nitrogens is 1. The Labute approximate surface area is 124 Å². The minimum Gasteiger partial charge on any atom is -0.389 e. The van der Waals surface area contributed by atoms with E-state index < -0.39 is 5.82 Å². The number of thiocarbonyl (C=S) groups is 1. The van der Waals surface area contributed by atoms with Crippen LogP contribution in [-0.2, 0) is 0 Å². The monoisotopic (exact) mass is 339 g/mol. The summed E-state index contributed by atoms with van der Waals surface area (Å²) in [5.41, 5.74) is 8.02. The van der Waals surface area contributed by atoms with Crippen LogP contribution in [0.15, 0.2) is 35.1 Å². The average molecular weight is 340 g/mol. The van der Waals surface area contributed by atoms with Gasteiger partial charge >= 0.3 is 0 Å². The number of anilines is 2. The third-order valence-corrected chi connectivity index (χ3v) is 3.50. The molecule has 0 amide bonds. The first-order valence-corrected chi connectivity index (χ1v) is 6.65. The molecular formula is C13H11BrFN3S. The molecule has 0 spiro atoms. The highest BCUT2D eigenvalue weighted by atomic mass is 79.9. The predicted molar refractivity (Wildman–Crippen MR) is 82.2 cm³/mol. The topological polar surface area (TPSA) is 50.9 Å². The van der Waals surface area contributed by atoms with E-state index in [2.05, 4.69) is 26.2 Å². The molecule has 0 fully saturated rings. The minimum atomic E-state index is -0.438. The van der Waals surface area contributed by atoms with Crippen molar-refractivity contribution >= 4 is 44.5 Å². The summed E-state index contributed by atoms with van der Waals surface area (Å²) in [5.74, 6) is -0.438. The van der Waals surface area contributed by atoms with Gasteiger partial charge in [0.2, 0.25) is 0 Å². The molecule has 1 heterocycles. The van der Waals surface area contributed by atoms with Crippen LogP contribution in [0.4, 0.5) is 15.8 Å². The van der Waals surface area contributed by atoms with Crippen LogP contribution in [0.25, 0.3) is 0 Å². The summed E-state index contributed by atoms with van der Waals surface area (Å²) in [4.78, 5) is 4.19. The summed E-state index contributed by atoms with van der Waals surface area (Å²) in [5, 5.41) is 2.97. The molecule has 2 aromatic rings. The summed E-state index contributed by atoms with van der Waals surface area (Å²) in [6.45, 7) is 1.92. The SMILES string of the molecule is Cc1cncc(Nc2ccc(C(N)=S)c(Br)c2F)c1. The zero-order valence-electron chi connectivity index (χ0n) is 10.1. The highest BCUT2D eigenvalue weighted by Gasteiger charge is 2.13. The van der Waals surface area contributed by atoms with Crippen LogP contribution >= 0.6 is 28.1 Å². The molecule has 0 saturated carbocycles. The molecule has 0 aliphatic carbocycles. The highest BCUT2D eigenvalue weighted by molar-refractivity contribution is 9.10. The van der Waals surface area contributed by atoms with Gasteiger partial charge in [0, 0.05) is 11.8 Å². The maximum absolute atomic E-state index is 14.2. The molecule has 0 unspecified atom stereocenters. The van der Waals surface area contributed by atoms with Crippen molar-refractivity contribution in [2.75, 3.05) is 5.32 Å². The molecule has 3 N–H and O–H groups in total. The predicted octanol–water partition coefficient (Wildman–Crippen LogP) is 3.67. The van der Waals surface area contributed by atoms with Gasteiger partial charge in [-0.1, -0.05) is 12.2 Å². The van der Waals surface area contributed by atoms with E-state index in [1.165, 1.54) is 0 Å². The van der Waals surface area contributed by atoms with Crippen LogP contribution in [0.5, 0.6) is 0 Å². The quantitative estimate of drug-likeness (QED) is 0.837. The van der Waals surface area contributed by atoms with Gasteiger partial charge in [-0.05, 0) is 46.6 Å². The van der Waals surface area contributed by atoms with E-state index in [9.17, 15) is 4.39 Å². The second-order valence-corrected chi connectivity index (χ2v) is 5.26. The van der Waals surface area contributed by atoms with Gasteiger partial charge in [-0.25, -0.2) is 4.39 Å². The zero-order valence-corrected chi connectivity index (χ0v) is 12.5. The Morgan fingerprint density at radius 2 is 2.16 bits per heavy atom. The fourth-order valence-electron chi connectivity index (χ4n) is 1.62. The van der Waals surface area contributed by atoms with E-state index in [1.54, 1.807) is 24.5 Å². The van der Waals surface area contributed by atoms with Crippen molar-refractivity contribution in [3.63, 3.8) is 0 Å². The largest absolute Gasteiger partial charge is 0.389 e. The molecule has 0 bridgehead atoms. The van der Waals surface area contributed by atoms with Gasteiger partial charge < -0.3 is 11.1 Å². The molecule has 1 aromatic heterocycles. The number of rotatable bonds is 3. The molecule has 0 saturated heterocycles. The van der Waals surface area contributed by atoms with Crippen molar-refractivity contribution in [2.45, 2.75) is 6.92 Å². The lowest BCUT2D eigenvalue weighted by atomic mass is 10.2. The number of hydrogen-bond acceptors (Lipinski definition) is 3. The normalized spacial score (nSPS) is 10.3. The number of nitrogens with two attached hydrogens (primary N) is 1. The zero-order chi connectivity index (χ0) is 14.0. The number of pyridine rings is 1. The maximum Gasteiger partial charge on any atom is 0.161 e. The van der Waals surface area contributed by atoms with Gasteiger partial charge in [-0.2, -0.15) is 0 Å². The molecule has 2 rings (SSSR count). The number of aryl methyl sites for hydroxylation is 1. The van der Waals surface area contributed by atoms with E-state index in [0.29, 0.717) is 16.9 Å². The van der Waals surface area contributed by atoms with Crippen LogP contribution in [0.2, 0.25) is 0 Å². The second kappa shape index (κ2) is 5.63. The number of nitrogens with one attached hydrogen (secondary N) is 1. The van der Waals surface area contributed by atoms with E-state index in [4.69, 9.17) is 18.0 Å². The summed E-state index contributed by atoms with van der Waals surface area (Å²) >= 11 is 8.01. The highest BCUT2D eigenvalue weighted by Crippen LogP contribution is 2.29. The number of halogens is 2. The van der Waals surface area contributed by atoms with Gasteiger partial charge in [-0.15, -0.1) is 0 Å². The molecule has 19 heavy (non-hydrogen) atoms. The smallest absolute Gasteiger partial charge is 0.161 e. The second-order valence-electron chi connectivity index (χ2n) is 4.03. The van der Waals surface area contributed by atoms with Crippen molar-refractivity contribution in [3.05, 3.63) is 52.0 Å². The minimum absolute atomic E-state index is 0.148. The third-order valence-electron chi connectivity index (χ3n) is 2.50. The van der Waals surface area contributed by atoms with Gasteiger partial charge in [0.1, 0.15) is 4.99 Å². The molecule has 0 aliphatic heterocycles. The van der Waals surface area contributed by atoms with Crippen LogP contribution in [-0.4, -0.2) is 9.97 Å². The Kier molecular flexibility index (Phi) is 4.11. The lowest BCUT2D eigenvalue weighted by molar-refractivity contribution is 0.625.